The number of methoxy groups -OCH3 is 1. The highest BCUT2D eigenvalue weighted by Gasteiger charge is 2.22. The van der Waals surface area contributed by atoms with Crippen molar-refractivity contribution in [1.82, 2.24) is 0 Å². The Hall–Kier alpha value is -1.82. The van der Waals surface area contributed by atoms with E-state index in [4.69, 9.17) is 4.74 Å². The van der Waals surface area contributed by atoms with Crippen molar-refractivity contribution in [2.75, 3.05) is 13.7 Å². The minimum atomic E-state index is -1.46. The van der Waals surface area contributed by atoms with E-state index in [0.717, 1.165) is 26.9 Å². The van der Waals surface area contributed by atoms with Gasteiger partial charge in [-0.15, -0.1) is 0 Å². The fourth-order valence-corrected chi connectivity index (χ4v) is 2.62. The van der Waals surface area contributed by atoms with Crippen LogP contribution in [0, 0.1) is 17.8 Å². The normalized spacial score (nSPS) is 16.5. The topological polar surface area (TPSA) is 18.5 Å². The number of hydrogen-bond acceptors (Lipinski definition) is 2. The molecule has 2 nitrogen and oxygen atoms in total. The van der Waals surface area contributed by atoms with Crippen molar-refractivity contribution in [3.63, 3.8) is 0 Å². The van der Waals surface area contributed by atoms with Crippen LogP contribution in [0.25, 0.3) is 0 Å². The summed E-state index contributed by atoms with van der Waals surface area (Å²) in [4.78, 5) is 0. The monoisotopic (exact) mass is 476 g/mol. The van der Waals surface area contributed by atoms with Crippen LogP contribution in [0.3, 0.4) is 0 Å². The van der Waals surface area contributed by atoms with Gasteiger partial charge in [-0.2, -0.15) is 4.39 Å². The molecule has 3 atom stereocenters. The van der Waals surface area contributed by atoms with E-state index < -0.39 is 46.3 Å². The first-order valence-electron chi connectivity index (χ1n) is 11.6. The Kier molecular flexibility index (Phi) is 16.9. The Balaban J connectivity index is 0. The molecule has 0 aromatic heterocycles. The number of ether oxygens (including phenoxy) is 2. The fraction of sp³-hybridized carbons (Fsp3) is 0.630. The summed E-state index contributed by atoms with van der Waals surface area (Å²) in [6.45, 7) is 23.6. The zero-order valence-electron chi connectivity index (χ0n) is 22.2. The van der Waals surface area contributed by atoms with Gasteiger partial charge in [-0.1, -0.05) is 67.5 Å². The van der Waals surface area contributed by atoms with Crippen molar-refractivity contribution in [2.24, 2.45) is 17.8 Å². The van der Waals surface area contributed by atoms with Crippen molar-refractivity contribution in [3.05, 3.63) is 58.9 Å². The minimum Gasteiger partial charge on any atom is -0.494 e. The van der Waals surface area contributed by atoms with Gasteiger partial charge in [0.25, 0.3) is 0 Å². The number of allylic oxidation sites excluding steroid dienone is 6. The molecule has 192 valence electrons. The van der Waals surface area contributed by atoms with E-state index in [1.807, 2.05) is 13.8 Å². The third-order valence-electron chi connectivity index (χ3n) is 5.66. The van der Waals surface area contributed by atoms with Gasteiger partial charge >= 0.3 is 0 Å². The maximum atomic E-state index is 14.7. The predicted octanol–water partition coefficient (Wildman–Crippen LogP) is 9.48. The van der Waals surface area contributed by atoms with Crippen LogP contribution in [-0.2, 0) is 9.47 Å². The largest absolute Gasteiger partial charge is 0.494 e. The van der Waals surface area contributed by atoms with E-state index in [9.17, 15) is 17.6 Å². The number of hydrogen-bond donors (Lipinski definition) is 0. The highest BCUT2D eigenvalue weighted by Crippen LogP contribution is 2.32. The van der Waals surface area contributed by atoms with Crippen molar-refractivity contribution in [3.8, 4) is 0 Å². The average Bonchev–Trinajstić information content (AvgIpc) is 2.82. The minimum absolute atomic E-state index is 0.0258. The molecule has 0 bridgehead atoms. The second kappa shape index (κ2) is 16.7. The van der Waals surface area contributed by atoms with Crippen LogP contribution in [0.1, 0.15) is 75.2 Å². The van der Waals surface area contributed by atoms with Crippen molar-refractivity contribution in [2.45, 2.75) is 81.3 Å². The molecule has 0 aliphatic carbocycles. The maximum absolute atomic E-state index is 14.7. The summed E-state index contributed by atoms with van der Waals surface area (Å²) in [5, 5.41) is 0. The summed E-state index contributed by atoms with van der Waals surface area (Å²) in [6.07, 6.45) is 1.51. The van der Waals surface area contributed by atoms with Gasteiger partial charge in [-0.25, -0.2) is 13.2 Å². The molecule has 0 saturated carbocycles. The van der Waals surface area contributed by atoms with E-state index in [0.29, 0.717) is 18.4 Å². The Morgan fingerprint density at radius 3 is 1.73 bits per heavy atom. The lowest BCUT2D eigenvalue weighted by molar-refractivity contribution is 0.0479. The molecule has 0 aromatic carbocycles. The summed E-state index contributed by atoms with van der Waals surface area (Å²) >= 11 is 0. The molecule has 0 saturated heterocycles. The Bertz CT molecular complexity index is 732. The van der Waals surface area contributed by atoms with Crippen molar-refractivity contribution in [1.29, 1.82) is 0 Å². The fourth-order valence-electron chi connectivity index (χ4n) is 2.62. The van der Waals surface area contributed by atoms with Gasteiger partial charge in [-0.05, 0) is 49.7 Å². The molecule has 0 aromatic rings. The molecule has 0 heterocycles. The zero-order valence-corrected chi connectivity index (χ0v) is 22.2. The SMILES string of the molecule is C=C(OC)/C(F)=C(/F)C(=C)/C(C)=C(F)/C(F)=C(\C)C(C)OCC(C)C(C)CCC(C)C.CC. The quantitative estimate of drug-likeness (QED) is 0.150. The summed E-state index contributed by atoms with van der Waals surface area (Å²) < 4.78 is 67.6. The second-order valence-corrected chi connectivity index (χ2v) is 8.57. The third kappa shape index (κ3) is 11.2. The van der Waals surface area contributed by atoms with E-state index in [2.05, 4.69) is 45.6 Å². The summed E-state index contributed by atoms with van der Waals surface area (Å²) in [5.74, 6) is -4.61. The average molecular weight is 477 g/mol. The van der Waals surface area contributed by atoms with Gasteiger partial charge in [0.1, 0.15) is 5.76 Å². The van der Waals surface area contributed by atoms with E-state index in [1.165, 1.54) is 6.92 Å². The first-order valence-corrected chi connectivity index (χ1v) is 11.6. The molecule has 0 radical (unpaired) electrons. The van der Waals surface area contributed by atoms with Gasteiger partial charge in [0.15, 0.2) is 17.5 Å². The molecule has 0 rings (SSSR count). The van der Waals surface area contributed by atoms with Gasteiger partial charge in [-0.3, -0.25) is 0 Å². The Labute approximate surface area is 199 Å². The smallest absolute Gasteiger partial charge is 0.200 e. The van der Waals surface area contributed by atoms with E-state index in [-0.39, 0.29) is 11.5 Å². The lowest BCUT2D eigenvalue weighted by Gasteiger charge is -2.23. The lowest BCUT2D eigenvalue weighted by atomic mass is 9.89. The Morgan fingerprint density at radius 1 is 0.758 bits per heavy atom. The summed E-state index contributed by atoms with van der Waals surface area (Å²) in [5.41, 5.74) is -1.06. The third-order valence-corrected chi connectivity index (χ3v) is 5.66. The van der Waals surface area contributed by atoms with Crippen LogP contribution >= 0.6 is 0 Å². The number of rotatable bonds is 13. The summed E-state index contributed by atoms with van der Waals surface area (Å²) in [6, 6.07) is 0. The molecular weight excluding hydrogens is 432 g/mol. The van der Waals surface area contributed by atoms with Crippen molar-refractivity contribution < 1.29 is 27.0 Å². The van der Waals surface area contributed by atoms with E-state index in [1.54, 1.807) is 6.92 Å². The number of halogens is 4. The first kappa shape index (κ1) is 33.4. The van der Waals surface area contributed by atoms with Gasteiger partial charge in [0, 0.05) is 5.57 Å². The molecule has 0 aliphatic rings. The van der Waals surface area contributed by atoms with Crippen LogP contribution in [0.15, 0.2) is 58.9 Å². The van der Waals surface area contributed by atoms with Crippen LogP contribution in [0.2, 0.25) is 0 Å². The van der Waals surface area contributed by atoms with Crippen LogP contribution in [0.5, 0.6) is 0 Å². The molecule has 3 unspecified atom stereocenters. The highest BCUT2D eigenvalue weighted by molar-refractivity contribution is 5.48. The highest BCUT2D eigenvalue weighted by atomic mass is 19.2. The second-order valence-electron chi connectivity index (χ2n) is 8.57. The van der Waals surface area contributed by atoms with Crippen LogP contribution < -0.4 is 0 Å². The lowest BCUT2D eigenvalue weighted by Crippen LogP contribution is -2.20. The molecule has 0 fully saturated rings. The maximum Gasteiger partial charge on any atom is 0.200 e. The molecule has 0 N–H and O–H groups in total. The van der Waals surface area contributed by atoms with Gasteiger partial charge < -0.3 is 9.47 Å². The Morgan fingerprint density at radius 2 is 1.27 bits per heavy atom. The first-order chi connectivity index (χ1) is 15.3. The van der Waals surface area contributed by atoms with Gasteiger partial charge in [0.2, 0.25) is 5.83 Å². The van der Waals surface area contributed by atoms with Gasteiger partial charge in [0.05, 0.1) is 19.8 Å². The molecular formula is C27H44F4O2. The molecule has 0 amide bonds. The van der Waals surface area contributed by atoms with Crippen LogP contribution in [-0.4, -0.2) is 19.8 Å². The molecule has 0 spiro atoms. The molecule has 33 heavy (non-hydrogen) atoms. The standard InChI is InChI=1S/C25H38F4O2.C2H6/c1-14(2)11-12-15(3)16(4)13-31-20(8)19(7)24(28)22(26)17(5)18(6)23(27)25(29)21(9)30-10;1-2/h14-16,20H,6,9,11-13H2,1-5,7-8,10H3;1-2H3/b22-17-,24-19-,25-23-;. The summed E-state index contributed by atoms with van der Waals surface area (Å²) in [7, 11) is 1.11. The molecule has 0 aliphatic heterocycles. The van der Waals surface area contributed by atoms with Crippen LogP contribution in [0.4, 0.5) is 17.6 Å². The predicted molar refractivity (Wildman–Crippen MR) is 131 cm³/mol. The zero-order chi connectivity index (χ0) is 26.5. The van der Waals surface area contributed by atoms with E-state index >= 15 is 0 Å². The van der Waals surface area contributed by atoms with Crippen molar-refractivity contribution >= 4 is 0 Å². The molecule has 6 heteroatoms.